The van der Waals surface area contributed by atoms with E-state index in [0.717, 1.165) is 38.3 Å². The molecular weight excluding hydrogens is 428 g/mol. The predicted octanol–water partition coefficient (Wildman–Crippen LogP) is 3.54. The predicted molar refractivity (Wildman–Crippen MR) is 127 cm³/mol. The van der Waals surface area contributed by atoms with Crippen LogP contribution in [-0.4, -0.2) is 48.2 Å². The maximum absolute atomic E-state index is 12.8. The summed E-state index contributed by atoms with van der Waals surface area (Å²) in [7, 11) is 0. The smallest absolute Gasteiger partial charge is 0.324 e. The van der Waals surface area contributed by atoms with Gasteiger partial charge in [-0.3, -0.25) is 15.1 Å². The van der Waals surface area contributed by atoms with Gasteiger partial charge < -0.3 is 26.0 Å². The summed E-state index contributed by atoms with van der Waals surface area (Å²) in [5, 5.41) is 21.7. The van der Waals surface area contributed by atoms with Crippen LogP contribution >= 0.6 is 11.3 Å². The molecule has 0 aliphatic carbocycles. The number of nitrogens with zero attached hydrogens (tertiary/aromatic N) is 2. The Bertz CT molecular complexity index is 1090. The monoisotopic (exact) mass is 452 g/mol. The normalized spacial score (nSPS) is 13.8. The Balaban J connectivity index is 1.39. The summed E-state index contributed by atoms with van der Waals surface area (Å²) >= 11 is 1.17. The minimum atomic E-state index is -0.464. The maximum atomic E-state index is 12.8. The molecule has 1 aromatic carbocycles. The zero-order valence-corrected chi connectivity index (χ0v) is 18.1. The van der Waals surface area contributed by atoms with Gasteiger partial charge in [0.05, 0.1) is 27.4 Å². The van der Waals surface area contributed by atoms with Crippen molar-refractivity contribution in [2.75, 3.05) is 47.0 Å². The number of pyridine rings is 1. The van der Waals surface area contributed by atoms with Crippen molar-refractivity contribution in [3.05, 3.63) is 59.7 Å². The quantitative estimate of drug-likeness (QED) is 0.404. The second-order valence-electron chi connectivity index (χ2n) is 7.23. The molecule has 4 rings (SSSR count). The van der Waals surface area contributed by atoms with Gasteiger partial charge in [-0.15, -0.1) is 11.3 Å². The summed E-state index contributed by atoms with van der Waals surface area (Å²) in [6.07, 6.45) is 4.41. The standard InChI is InChI=1S/C22H24N6O3S/c29-16-4-1-3-15(13-16)25-22(31)27-20-6-5-19(32-20)21(30)26-17-14-24-9-7-18(17)28-11-2-8-23-10-12-28/h1,3-7,9,13-14,23,29H,2,8,10-12H2,(H,26,30)(H2,25,27,31). The average molecular weight is 453 g/mol. The number of amides is 3. The second kappa shape index (κ2) is 10.1. The number of phenolic OH excluding ortho intramolecular Hbond substituents is 1. The van der Waals surface area contributed by atoms with Gasteiger partial charge >= 0.3 is 6.03 Å². The molecule has 3 heterocycles. The Labute approximate surface area is 189 Å². The lowest BCUT2D eigenvalue weighted by Gasteiger charge is -2.24. The molecule has 0 atom stereocenters. The highest BCUT2D eigenvalue weighted by Gasteiger charge is 2.17. The van der Waals surface area contributed by atoms with Crippen LogP contribution in [0.25, 0.3) is 0 Å². The summed E-state index contributed by atoms with van der Waals surface area (Å²) in [6.45, 7) is 3.63. The highest BCUT2D eigenvalue weighted by atomic mass is 32.1. The van der Waals surface area contributed by atoms with Crippen LogP contribution in [0.15, 0.2) is 54.9 Å². The molecule has 2 aromatic heterocycles. The van der Waals surface area contributed by atoms with Gasteiger partial charge in [-0.1, -0.05) is 6.07 Å². The van der Waals surface area contributed by atoms with Gasteiger partial charge in [0.1, 0.15) is 5.75 Å². The fourth-order valence-corrected chi connectivity index (χ4v) is 4.21. The minimum Gasteiger partial charge on any atom is -0.508 e. The van der Waals surface area contributed by atoms with Crippen molar-refractivity contribution < 1.29 is 14.7 Å². The number of phenols is 1. The average Bonchev–Trinajstić information content (AvgIpc) is 3.07. The number of thiophene rings is 1. The van der Waals surface area contributed by atoms with E-state index in [1.54, 1.807) is 36.7 Å². The fraction of sp³-hybridized carbons (Fsp3) is 0.227. The van der Waals surface area contributed by atoms with Crippen molar-refractivity contribution in [1.29, 1.82) is 0 Å². The molecular formula is C22H24N6O3S. The van der Waals surface area contributed by atoms with E-state index in [1.165, 1.54) is 23.5 Å². The van der Waals surface area contributed by atoms with E-state index >= 15 is 0 Å². The van der Waals surface area contributed by atoms with Gasteiger partial charge in [0.25, 0.3) is 5.91 Å². The number of benzene rings is 1. The number of hydrogen-bond acceptors (Lipinski definition) is 7. The van der Waals surface area contributed by atoms with Crippen LogP contribution in [0.4, 0.5) is 26.9 Å². The molecule has 3 aromatic rings. The van der Waals surface area contributed by atoms with E-state index in [4.69, 9.17) is 0 Å². The minimum absolute atomic E-state index is 0.0593. The Hall–Kier alpha value is -3.63. The van der Waals surface area contributed by atoms with E-state index in [2.05, 4.69) is 31.2 Å². The number of rotatable bonds is 5. The van der Waals surface area contributed by atoms with E-state index < -0.39 is 6.03 Å². The maximum Gasteiger partial charge on any atom is 0.324 e. The van der Waals surface area contributed by atoms with Crippen molar-refractivity contribution in [3.8, 4) is 5.75 Å². The number of carbonyl (C=O) groups excluding carboxylic acids is 2. The number of aromatic nitrogens is 1. The van der Waals surface area contributed by atoms with Gasteiger partial charge in [0.2, 0.25) is 0 Å². The number of nitrogens with one attached hydrogen (secondary N) is 4. The number of aromatic hydroxyl groups is 1. The molecule has 1 saturated heterocycles. The van der Waals surface area contributed by atoms with Crippen molar-refractivity contribution in [3.63, 3.8) is 0 Å². The van der Waals surface area contributed by atoms with Crippen molar-refractivity contribution in [1.82, 2.24) is 10.3 Å². The molecule has 0 bridgehead atoms. The lowest BCUT2D eigenvalue weighted by molar-refractivity contribution is 0.103. The number of urea groups is 1. The van der Waals surface area contributed by atoms with Gasteiger partial charge in [0, 0.05) is 37.6 Å². The summed E-state index contributed by atoms with van der Waals surface area (Å²) < 4.78 is 0. The second-order valence-corrected chi connectivity index (χ2v) is 8.31. The first kappa shape index (κ1) is 21.6. The number of anilines is 4. The largest absolute Gasteiger partial charge is 0.508 e. The molecule has 1 fully saturated rings. The first-order valence-electron chi connectivity index (χ1n) is 10.3. The van der Waals surface area contributed by atoms with E-state index in [-0.39, 0.29) is 11.7 Å². The third-order valence-electron chi connectivity index (χ3n) is 4.90. The first-order valence-corrected chi connectivity index (χ1v) is 11.1. The molecule has 1 aliphatic rings. The van der Waals surface area contributed by atoms with Gasteiger partial charge in [-0.2, -0.15) is 0 Å². The van der Waals surface area contributed by atoms with Crippen LogP contribution in [-0.2, 0) is 0 Å². The summed E-state index contributed by atoms with van der Waals surface area (Å²) in [5.41, 5.74) is 2.06. The molecule has 32 heavy (non-hydrogen) atoms. The van der Waals surface area contributed by atoms with E-state index in [1.807, 2.05) is 6.07 Å². The zero-order chi connectivity index (χ0) is 22.3. The van der Waals surface area contributed by atoms with E-state index in [0.29, 0.717) is 21.3 Å². The lowest BCUT2D eigenvalue weighted by Crippen LogP contribution is -2.29. The molecule has 5 N–H and O–H groups in total. The molecule has 0 unspecified atom stereocenters. The molecule has 0 saturated carbocycles. The molecule has 0 radical (unpaired) electrons. The lowest BCUT2D eigenvalue weighted by atomic mass is 10.2. The van der Waals surface area contributed by atoms with Crippen LogP contribution in [0.1, 0.15) is 16.1 Å². The number of hydrogen-bond donors (Lipinski definition) is 5. The first-order chi connectivity index (χ1) is 15.6. The zero-order valence-electron chi connectivity index (χ0n) is 17.3. The Morgan fingerprint density at radius 3 is 2.84 bits per heavy atom. The summed E-state index contributed by atoms with van der Waals surface area (Å²) in [5.74, 6) is -0.206. The third-order valence-corrected chi connectivity index (χ3v) is 5.90. The highest BCUT2D eigenvalue weighted by molar-refractivity contribution is 7.18. The fourth-order valence-electron chi connectivity index (χ4n) is 3.41. The van der Waals surface area contributed by atoms with Crippen LogP contribution < -0.4 is 26.2 Å². The van der Waals surface area contributed by atoms with Crippen molar-refractivity contribution in [2.45, 2.75) is 6.42 Å². The number of carbonyl (C=O) groups is 2. The van der Waals surface area contributed by atoms with Gasteiger partial charge in [0.15, 0.2) is 0 Å². The topological polar surface area (TPSA) is 119 Å². The van der Waals surface area contributed by atoms with Crippen LogP contribution in [0, 0.1) is 0 Å². The molecule has 1 aliphatic heterocycles. The molecule has 9 nitrogen and oxygen atoms in total. The van der Waals surface area contributed by atoms with Crippen molar-refractivity contribution in [2.24, 2.45) is 0 Å². The van der Waals surface area contributed by atoms with Crippen LogP contribution in [0.3, 0.4) is 0 Å². The third kappa shape index (κ3) is 5.54. The summed E-state index contributed by atoms with van der Waals surface area (Å²) in [4.78, 5) is 31.9. The van der Waals surface area contributed by atoms with Gasteiger partial charge in [-0.05, 0) is 43.3 Å². The highest BCUT2D eigenvalue weighted by Crippen LogP contribution is 2.28. The molecule has 0 spiro atoms. The molecule has 166 valence electrons. The summed E-state index contributed by atoms with van der Waals surface area (Å²) in [6, 6.07) is 11.0. The van der Waals surface area contributed by atoms with E-state index in [9.17, 15) is 14.7 Å². The Kier molecular flexibility index (Phi) is 6.83. The Morgan fingerprint density at radius 2 is 1.97 bits per heavy atom. The molecule has 3 amide bonds. The van der Waals surface area contributed by atoms with Crippen LogP contribution in [0.5, 0.6) is 5.75 Å². The van der Waals surface area contributed by atoms with Gasteiger partial charge in [-0.25, -0.2) is 4.79 Å². The SMILES string of the molecule is O=C(Nc1cccc(O)c1)Nc1ccc(C(=O)Nc2cnccc2N2CCCNCC2)s1. The Morgan fingerprint density at radius 1 is 1.06 bits per heavy atom. The van der Waals surface area contributed by atoms with Crippen LogP contribution in [0.2, 0.25) is 0 Å². The molecule has 10 heteroatoms. The van der Waals surface area contributed by atoms with Crippen molar-refractivity contribution >= 4 is 45.3 Å².